The van der Waals surface area contributed by atoms with Crippen molar-refractivity contribution < 1.29 is 4.74 Å². The summed E-state index contributed by atoms with van der Waals surface area (Å²) < 4.78 is 5.77. The summed E-state index contributed by atoms with van der Waals surface area (Å²) >= 11 is 0. The Hall–Kier alpha value is -2.50. The molecule has 6 nitrogen and oxygen atoms in total. The van der Waals surface area contributed by atoms with Gasteiger partial charge in [-0.15, -0.1) is 0 Å². The molecule has 0 saturated carbocycles. The normalized spacial score (nSPS) is 10.2. The van der Waals surface area contributed by atoms with Crippen LogP contribution in [0.1, 0.15) is 13.3 Å². The monoisotopic (exact) mass is 287 g/mol. The SMILES string of the molecule is CCCNc1cc(Oc2cccc(N(C)C)c2)nc(N)n1. The predicted molar refractivity (Wildman–Crippen MR) is 86.1 cm³/mol. The molecule has 0 spiro atoms. The number of nitrogen functional groups attached to an aromatic ring is 1. The van der Waals surface area contributed by atoms with Crippen LogP contribution in [0.4, 0.5) is 17.5 Å². The van der Waals surface area contributed by atoms with Gasteiger partial charge in [-0.05, 0) is 18.6 Å². The van der Waals surface area contributed by atoms with Crippen LogP contribution in [0.15, 0.2) is 30.3 Å². The van der Waals surface area contributed by atoms with Gasteiger partial charge < -0.3 is 20.7 Å². The van der Waals surface area contributed by atoms with Crippen molar-refractivity contribution in [1.29, 1.82) is 0 Å². The highest BCUT2D eigenvalue weighted by atomic mass is 16.5. The van der Waals surface area contributed by atoms with Crippen molar-refractivity contribution in [2.75, 3.05) is 36.6 Å². The second-order valence-corrected chi connectivity index (χ2v) is 4.87. The van der Waals surface area contributed by atoms with Crippen molar-refractivity contribution in [1.82, 2.24) is 9.97 Å². The fraction of sp³-hybridized carbons (Fsp3) is 0.333. The molecule has 2 aromatic rings. The number of benzene rings is 1. The second-order valence-electron chi connectivity index (χ2n) is 4.87. The number of rotatable bonds is 6. The third-order valence-electron chi connectivity index (χ3n) is 2.83. The third kappa shape index (κ3) is 4.24. The van der Waals surface area contributed by atoms with E-state index in [4.69, 9.17) is 10.5 Å². The third-order valence-corrected chi connectivity index (χ3v) is 2.83. The highest BCUT2D eigenvalue weighted by Crippen LogP contribution is 2.25. The van der Waals surface area contributed by atoms with Crippen LogP contribution >= 0.6 is 0 Å². The van der Waals surface area contributed by atoms with Crippen LogP contribution in [0.3, 0.4) is 0 Å². The summed E-state index contributed by atoms with van der Waals surface area (Å²) in [4.78, 5) is 10.2. The first-order valence-electron chi connectivity index (χ1n) is 6.92. The van der Waals surface area contributed by atoms with Crippen LogP contribution in [-0.4, -0.2) is 30.6 Å². The van der Waals surface area contributed by atoms with Gasteiger partial charge in [0.2, 0.25) is 11.8 Å². The predicted octanol–water partition coefficient (Wildman–Crippen LogP) is 2.74. The molecule has 112 valence electrons. The van der Waals surface area contributed by atoms with E-state index in [9.17, 15) is 0 Å². The van der Waals surface area contributed by atoms with Crippen LogP contribution in [0.25, 0.3) is 0 Å². The summed E-state index contributed by atoms with van der Waals surface area (Å²) in [6.07, 6.45) is 1.00. The lowest BCUT2D eigenvalue weighted by molar-refractivity contribution is 0.463. The zero-order valence-corrected chi connectivity index (χ0v) is 12.6. The zero-order chi connectivity index (χ0) is 15.2. The Morgan fingerprint density at radius 1 is 1.24 bits per heavy atom. The molecule has 0 fully saturated rings. The first kappa shape index (κ1) is 14.9. The van der Waals surface area contributed by atoms with E-state index >= 15 is 0 Å². The van der Waals surface area contributed by atoms with Crippen LogP contribution in [0.5, 0.6) is 11.6 Å². The molecule has 21 heavy (non-hydrogen) atoms. The lowest BCUT2D eigenvalue weighted by Crippen LogP contribution is -2.08. The summed E-state index contributed by atoms with van der Waals surface area (Å²) in [5, 5.41) is 3.17. The molecule has 0 aliphatic carbocycles. The van der Waals surface area contributed by atoms with Crippen molar-refractivity contribution in [2.24, 2.45) is 0 Å². The van der Waals surface area contributed by atoms with Crippen LogP contribution in [0.2, 0.25) is 0 Å². The topological polar surface area (TPSA) is 76.3 Å². The molecule has 0 bridgehead atoms. The van der Waals surface area contributed by atoms with Gasteiger partial charge in [-0.3, -0.25) is 0 Å². The first-order valence-corrected chi connectivity index (χ1v) is 6.92. The molecular formula is C15H21N5O. The number of nitrogens with zero attached hydrogens (tertiary/aromatic N) is 3. The molecule has 0 aliphatic rings. The van der Waals surface area contributed by atoms with Crippen molar-refractivity contribution >= 4 is 17.5 Å². The van der Waals surface area contributed by atoms with Gasteiger partial charge in [-0.2, -0.15) is 9.97 Å². The first-order chi connectivity index (χ1) is 10.1. The summed E-state index contributed by atoms with van der Waals surface area (Å²) in [6.45, 7) is 2.91. The Balaban J connectivity index is 2.18. The van der Waals surface area contributed by atoms with Crippen LogP contribution < -0.4 is 20.7 Å². The van der Waals surface area contributed by atoms with E-state index in [0.717, 1.165) is 18.7 Å². The molecular weight excluding hydrogens is 266 g/mol. The average molecular weight is 287 g/mol. The van der Waals surface area contributed by atoms with Gasteiger partial charge in [-0.1, -0.05) is 13.0 Å². The van der Waals surface area contributed by atoms with E-state index in [1.165, 1.54) is 0 Å². The van der Waals surface area contributed by atoms with Crippen molar-refractivity contribution in [3.05, 3.63) is 30.3 Å². The smallest absolute Gasteiger partial charge is 0.226 e. The molecule has 0 amide bonds. The highest BCUT2D eigenvalue weighted by Gasteiger charge is 2.05. The molecule has 0 aliphatic heterocycles. The van der Waals surface area contributed by atoms with Crippen LogP contribution in [-0.2, 0) is 0 Å². The molecule has 3 N–H and O–H groups in total. The molecule has 0 saturated heterocycles. The van der Waals surface area contributed by atoms with Gasteiger partial charge in [0.1, 0.15) is 11.6 Å². The quantitative estimate of drug-likeness (QED) is 0.850. The fourth-order valence-corrected chi connectivity index (χ4v) is 1.78. The molecule has 0 atom stereocenters. The summed E-state index contributed by atoms with van der Waals surface area (Å²) in [6, 6.07) is 9.51. The minimum Gasteiger partial charge on any atom is -0.439 e. The lowest BCUT2D eigenvalue weighted by Gasteiger charge is -2.14. The number of hydrogen-bond acceptors (Lipinski definition) is 6. The van der Waals surface area contributed by atoms with E-state index in [2.05, 4.69) is 22.2 Å². The van der Waals surface area contributed by atoms with Gasteiger partial charge >= 0.3 is 0 Å². The van der Waals surface area contributed by atoms with Gasteiger partial charge in [0, 0.05) is 38.5 Å². The van der Waals surface area contributed by atoms with Crippen molar-refractivity contribution in [3.63, 3.8) is 0 Å². The summed E-state index contributed by atoms with van der Waals surface area (Å²) in [7, 11) is 3.96. The molecule has 0 radical (unpaired) electrons. The molecule has 1 heterocycles. The number of aromatic nitrogens is 2. The maximum Gasteiger partial charge on any atom is 0.226 e. The lowest BCUT2D eigenvalue weighted by atomic mass is 10.3. The van der Waals surface area contributed by atoms with E-state index < -0.39 is 0 Å². The number of anilines is 3. The highest BCUT2D eigenvalue weighted by molar-refractivity contribution is 5.51. The Kier molecular flexibility index (Phi) is 4.81. The maximum absolute atomic E-state index is 5.77. The molecule has 1 aromatic heterocycles. The van der Waals surface area contributed by atoms with Gasteiger partial charge in [0.05, 0.1) is 0 Å². The molecule has 1 aromatic carbocycles. The zero-order valence-electron chi connectivity index (χ0n) is 12.6. The van der Waals surface area contributed by atoms with E-state index in [-0.39, 0.29) is 5.95 Å². The summed E-state index contributed by atoms with van der Waals surface area (Å²) in [5.74, 6) is 2.00. The van der Waals surface area contributed by atoms with Crippen molar-refractivity contribution in [2.45, 2.75) is 13.3 Å². The Morgan fingerprint density at radius 3 is 2.76 bits per heavy atom. The Morgan fingerprint density at radius 2 is 2.05 bits per heavy atom. The molecule has 2 rings (SSSR count). The van der Waals surface area contributed by atoms with Crippen molar-refractivity contribution in [3.8, 4) is 11.6 Å². The van der Waals surface area contributed by atoms with Gasteiger partial charge in [-0.25, -0.2) is 0 Å². The number of hydrogen-bond donors (Lipinski definition) is 2. The fourth-order valence-electron chi connectivity index (χ4n) is 1.78. The van der Waals surface area contributed by atoms with E-state index in [0.29, 0.717) is 17.4 Å². The number of nitrogens with two attached hydrogens (primary N) is 1. The standard InChI is InChI=1S/C15H21N5O/c1-4-8-17-13-10-14(19-15(16)18-13)21-12-7-5-6-11(9-12)20(2)3/h5-7,9-10H,4,8H2,1-3H3,(H3,16,17,18,19). The Labute approximate surface area is 125 Å². The van der Waals surface area contributed by atoms with E-state index in [1.54, 1.807) is 6.07 Å². The van der Waals surface area contributed by atoms with Gasteiger partial charge in [0.25, 0.3) is 0 Å². The number of ether oxygens (including phenoxy) is 1. The number of nitrogens with one attached hydrogen (secondary N) is 1. The molecule has 0 unspecified atom stereocenters. The van der Waals surface area contributed by atoms with E-state index in [1.807, 2.05) is 43.3 Å². The second kappa shape index (κ2) is 6.78. The summed E-state index contributed by atoms with van der Waals surface area (Å²) in [5.41, 5.74) is 6.77. The average Bonchev–Trinajstić information content (AvgIpc) is 2.45. The molecule has 6 heteroatoms. The van der Waals surface area contributed by atoms with Gasteiger partial charge in [0.15, 0.2) is 0 Å². The Bertz CT molecular complexity index is 600. The maximum atomic E-state index is 5.77. The minimum absolute atomic E-state index is 0.190. The van der Waals surface area contributed by atoms with Crippen LogP contribution in [0, 0.1) is 0 Å². The minimum atomic E-state index is 0.190. The largest absolute Gasteiger partial charge is 0.439 e.